The first-order valence-corrected chi connectivity index (χ1v) is 6.99. The SMILES string of the molecule is C1CCC(C2CNCCC3COCCN32)C1. The highest BCUT2D eigenvalue weighted by molar-refractivity contribution is 4.91. The largest absolute Gasteiger partial charge is 0.378 e. The summed E-state index contributed by atoms with van der Waals surface area (Å²) in [6.45, 7) is 5.45. The molecule has 1 saturated carbocycles. The summed E-state index contributed by atoms with van der Waals surface area (Å²) in [6, 6.07) is 1.48. The van der Waals surface area contributed by atoms with Crippen LogP contribution in [0.15, 0.2) is 0 Å². The maximum absolute atomic E-state index is 5.64. The van der Waals surface area contributed by atoms with Crippen LogP contribution in [0.4, 0.5) is 0 Å². The molecule has 0 bridgehead atoms. The van der Waals surface area contributed by atoms with Crippen LogP contribution in [0.5, 0.6) is 0 Å². The molecule has 0 aromatic rings. The van der Waals surface area contributed by atoms with Crippen LogP contribution in [0.2, 0.25) is 0 Å². The molecule has 0 amide bonds. The minimum atomic E-state index is 0.689. The molecule has 0 spiro atoms. The van der Waals surface area contributed by atoms with Crippen molar-refractivity contribution in [1.29, 1.82) is 0 Å². The summed E-state index contributed by atoms with van der Waals surface area (Å²) in [5, 5.41) is 3.63. The van der Waals surface area contributed by atoms with E-state index in [-0.39, 0.29) is 0 Å². The van der Waals surface area contributed by atoms with E-state index in [2.05, 4.69) is 10.2 Å². The Bertz CT molecular complexity index is 228. The van der Waals surface area contributed by atoms with E-state index in [1.165, 1.54) is 45.2 Å². The average molecular weight is 224 g/mol. The zero-order valence-electron chi connectivity index (χ0n) is 10.2. The number of fused-ring (bicyclic) bond motifs is 1. The molecule has 2 atom stereocenters. The summed E-state index contributed by atoms with van der Waals surface area (Å²) >= 11 is 0. The third kappa shape index (κ3) is 2.13. The van der Waals surface area contributed by atoms with E-state index >= 15 is 0 Å². The second-order valence-corrected chi connectivity index (χ2v) is 5.57. The van der Waals surface area contributed by atoms with E-state index in [0.29, 0.717) is 6.04 Å². The molecule has 1 N–H and O–H groups in total. The van der Waals surface area contributed by atoms with Gasteiger partial charge in [0.1, 0.15) is 0 Å². The first-order chi connectivity index (χ1) is 7.95. The van der Waals surface area contributed by atoms with Gasteiger partial charge in [-0.15, -0.1) is 0 Å². The molecule has 2 unspecified atom stereocenters. The predicted molar refractivity (Wildman–Crippen MR) is 64.5 cm³/mol. The number of hydrogen-bond donors (Lipinski definition) is 1. The maximum Gasteiger partial charge on any atom is 0.0623 e. The van der Waals surface area contributed by atoms with Gasteiger partial charge in [0.25, 0.3) is 0 Å². The van der Waals surface area contributed by atoms with Gasteiger partial charge in [-0.1, -0.05) is 12.8 Å². The third-order valence-corrected chi connectivity index (χ3v) is 4.65. The van der Waals surface area contributed by atoms with E-state index in [0.717, 1.165) is 31.7 Å². The lowest BCUT2D eigenvalue weighted by Gasteiger charge is -2.41. The van der Waals surface area contributed by atoms with Gasteiger partial charge < -0.3 is 10.1 Å². The van der Waals surface area contributed by atoms with Crippen molar-refractivity contribution in [2.75, 3.05) is 32.8 Å². The van der Waals surface area contributed by atoms with Gasteiger partial charge in [-0.25, -0.2) is 0 Å². The molecule has 3 heteroatoms. The zero-order valence-corrected chi connectivity index (χ0v) is 10.2. The molecule has 2 saturated heterocycles. The molecule has 3 fully saturated rings. The minimum Gasteiger partial charge on any atom is -0.378 e. The van der Waals surface area contributed by atoms with Crippen molar-refractivity contribution in [2.45, 2.75) is 44.2 Å². The molecule has 92 valence electrons. The molecular weight excluding hydrogens is 200 g/mol. The Hall–Kier alpha value is -0.120. The molecule has 3 rings (SSSR count). The normalized spacial score (nSPS) is 38.2. The monoisotopic (exact) mass is 224 g/mol. The Morgan fingerprint density at radius 1 is 1.12 bits per heavy atom. The van der Waals surface area contributed by atoms with Crippen LogP contribution in [0.3, 0.4) is 0 Å². The Morgan fingerprint density at radius 3 is 2.88 bits per heavy atom. The summed E-state index contributed by atoms with van der Waals surface area (Å²) in [6.07, 6.45) is 7.09. The number of ether oxygens (including phenoxy) is 1. The standard InChI is InChI=1S/C13H24N2O/c1-2-4-11(3-1)13-9-14-6-5-12-10-16-8-7-15(12)13/h11-14H,1-10H2. The fourth-order valence-corrected chi connectivity index (χ4v) is 3.77. The maximum atomic E-state index is 5.64. The van der Waals surface area contributed by atoms with E-state index in [1.807, 2.05) is 0 Å². The van der Waals surface area contributed by atoms with Crippen LogP contribution >= 0.6 is 0 Å². The van der Waals surface area contributed by atoms with Crippen molar-refractivity contribution in [1.82, 2.24) is 10.2 Å². The van der Waals surface area contributed by atoms with Crippen LogP contribution in [0.25, 0.3) is 0 Å². The van der Waals surface area contributed by atoms with Gasteiger partial charge >= 0.3 is 0 Å². The second-order valence-electron chi connectivity index (χ2n) is 5.57. The minimum absolute atomic E-state index is 0.689. The van der Waals surface area contributed by atoms with E-state index in [4.69, 9.17) is 4.74 Å². The van der Waals surface area contributed by atoms with Crippen molar-refractivity contribution in [3.05, 3.63) is 0 Å². The molecule has 3 nitrogen and oxygen atoms in total. The number of nitrogens with zero attached hydrogens (tertiary/aromatic N) is 1. The first-order valence-electron chi connectivity index (χ1n) is 6.99. The summed E-state index contributed by atoms with van der Waals surface area (Å²) in [5.74, 6) is 0.950. The molecule has 0 radical (unpaired) electrons. The van der Waals surface area contributed by atoms with Crippen molar-refractivity contribution in [3.8, 4) is 0 Å². The van der Waals surface area contributed by atoms with Gasteiger partial charge in [0.2, 0.25) is 0 Å². The van der Waals surface area contributed by atoms with Crippen molar-refractivity contribution < 1.29 is 4.74 Å². The number of rotatable bonds is 1. The number of morpholine rings is 1. The zero-order chi connectivity index (χ0) is 10.8. The molecule has 2 heterocycles. The summed E-state index contributed by atoms with van der Waals surface area (Å²) in [4.78, 5) is 2.76. The quantitative estimate of drug-likeness (QED) is 0.725. The second kappa shape index (κ2) is 5.03. The van der Waals surface area contributed by atoms with Crippen molar-refractivity contribution in [3.63, 3.8) is 0 Å². The highest BCUT2D eigenvalue weighted by Crippen LogP contribution is 2.32. The van der Waals surface area contributed by atoms with Crippen molar-refractivity contribution in [2.24, 2.45) is 5.92 Å². The smallest absolute Gasteiger partial charge is 0.0623 e. The van der Waals surface area contributed by atoms with Gasteiger partial charge in [0.05, 0.1) is 13.2 Å². The van der Waals surface area contributed by atoms with E-state index < -0.39 is 0 Å². The molecule has 1 aliphatic carbocycles. The lowest BCUT2D eigenvalue weighted by molar-refractivity contribution is -0.0354. The van der Waals surface area contributed by atoms with E-state index in [1.54, 1.807) is 0 Å². The molecule has 2 aliphatic heterocycles. The summed E-state index contributed by atoms with van der Waals surface area (Å²) in [7, 11) is 0. The van der Waals surface area contributed by atoms with E-state index in [9.17, 15) is 0 Å². The predicted octanol–water partition coefficient (Wildman–Crippen LogP) is 1.24. The number of hydrogen-bond acceptors (Lipinski definition) is 3. The third-order valence-electron chi connectivity index (χ3n) is 4.65. The van der Waals surface area contributed by atoms with Gasteiger partial charge in [0.15, 0.2) is 0 Å². The topological polar surface area (TPSA) is 24.5 Å². The van der Waals surface area contributed by atoms with Crippen molar-refractivity contribution >= 4 is 0 Å². The first kappa shape index (κ1) is 11.0. The van der Waals surface area contributed by atoms with Gasteiger partial charge in [-0.05, 0) is 31.7 Å². The van der Waals surface area contributed by atoms with Crippen LogP contribution in [0.1, 0.15) is 32.1 Å². The Balaban J connectivity index is 1.72. The average Bonchev–Trinajstić information content (AvgIpc) is 2.76. The lowest BCUT2D eigenvalue weighted by atomic mass is 9.95. The lowest BCUT2D eigenvalue weighted by Crippen LogP contribution is -2.53. The molecular formula is C13H24N2O. The summed E-state index contributed by atoms with van der Waals surface area (Å²) < 4.78 is 5.64. The number of nitrogens with one attached hydrogen (secondary N) is 1. The molecule has 16 heavy (non-hydrogen) atoms. The van der Waals surface area contributed by atoms with Gasteiger partial charge in [-0.2, -0.15) is 0 Å². The molecule has 0 aromatic heterocycles. The highest BCUT2D eigenvalue weighted by atomic mass is 16.5. The Morgan fingerprint density at radius 2 is 2.00 bits per heavy atom. The van der Waals surface area contributed by atoms with Crippen LogP contribution in [-0.2, 0) is 4.74 Å². The van der Waals surface area contributed by atoms with Crippen LogP contribution in [-0.4, -0.2) is 49.8 Å². The summed E-state index contributed by atoms with van der Waals surface area (Å²) in [5.41, 5.74) is 0. The van der Waals surface area contributed by atoms with Gasteiger partial charge in [0, 0.05) is 25.2 Å². The molecule has 0 aromatic carbocycles. The van der Waals surface area contributed by atoms with Crippen LogP contribution in [0, 0.1) is 5.92 Å². The Labute approximate surface area is 98.5 Å². The molecule has 3 aliphatic rings. The fourth-order valence-electron chi connectivity index (χ4n) is 3.77. The fraction of sp³-hybridized carbons (Fsp3) is 1.00. The van der Waals surface area contributed by atoms with Gasteiger partial charge in [-0.3, -0.25) is 4.90 Å². The Kier molecular flexibility index (Phi) is 3.46. The highest BCUT2D eigenvalue weighted by Gasteiger charge is 2.36. The van der Waals surface area contributed by atoms with Crippen LogP contribution < -0.4 is 5.32 Å².